The summed E-state index contributed by atoms with van der Waals surface area (Å²) < 4.78 is 28.0. The molecule has 1 fully saturated rings. The molecule has 0 aromatic carbocycles. The number of hydrogen-bond donors (Lipinski definition) is 2. The third-order valence-corrected chi connectivity index (χ3v) is 6.19. The van der Waals surface area contributed by atoms with Crippen molar-refractivity contribution >= 4 is 28.3 Å². The van der Waals surface area contributed by atoms with Crippen LogP contribution in [0.3, 0.4) is 0 Å². The summed E-state index contributed by atoms with van der Waals surface area (Å²) >= 11 is 0. The molecule has 0 unspecified atom stereocenters. The molecule has 1 aliphatic rings. The van der Waals surface area contributed by atoms with Crippen LogP contribution in [-0.4, -0.2) is 53.6 Å². The molecule has 2 heterocycles. The number of hydrogen-bond acceptors (Lipinski definition) is 5. The Labute approximate surface area is 155 Å². The average Bonchev–Trinajstić information content (AvgIpc) is 2.93. The zero-order valence-corrected chi connectivity index (χ0v) is 16.7. The standard InChI is InChI=1S/C15H27N5O3S.ClH/c1-15(2,3)13(16)14(21)18-11-5-7-20(8-6-11)24(22,23)12-9-17-19(4)10-12;/h9-11,13H,5-8,16H2,1-4H3,(H,18,21);1H/t13-;/m1./s1. The molecule has 1 aromatic rings. The van der Waals surface area contributed by atoms with Crippen molar-refractivity contribution in [2.75, 3.05) is 13.1 Å². The summed E-state index contributed by atoms with van der Waals surface area (Å²) in [5.74, 6) is -0.184. The second-order valence-electron chi connectivity index (χ2n) is 7.38. The number of halogens is 1. The quantitative estimate of drug-likeness (QED) is 0.773. The van der Waals surface area contributed by atoms with E-state index in [1.165, 1.54) is 21.4 Å². The molecule has 25 heavy (non-hydrogen) atoms. The van der Waals surface area contributed by atoms with Gasteiger partial charge in [0.25, 0.3) is 0 Å². The lowest BCUT2D eigenvalue weighted by molar-refractivity contribution is -0.125. The maximum absolute atomic E-state index is 12.5. The minimum Gasteiger partial charge on any atom is -0.352 e. The monoisotopic (exact) mass is 393 g/mol. The molecule has 1 saturated heterocycles. The molecule has 3 N–H and O–H groups in total. The number of rotatable bonds is 4. The second-order valence-corrected chi connectivity index (χ2v) is 9.32. The van der Waals surface area contributed by atoms with Gasteiger partial charge in [0.2, 0.25) is 15.9 Å². The zero-order valence-electron chi connectivity index (χ0n) is 15.1. The van der Waals surface area contributed by atoms with Gasteiger partial charge < -0.3 is 11.1 Å². The van der Waals surface area contributed by atoms with E-state index in [2.05, 4.69) is 10.4 Å². The molecule has 2 rings (SSSR count). The number of carbonyl (C=O) groups excluding carboxylic acids is 1. The van der Waals surface area contributed by atoms with E-state index in [1.807, 2.05) is 20.8 Å². The van der Waals surface area contributed by atoms with Crippen LogP contribution in [0.25, 0.3) is 0 Å². The summed E-state index contributed by atoms with van der Waals surface area (Å²) in [5, 5.41) is 6.85. The van der Waals surface area contributed by atoms with E-state index in [4.69, 9.17) is 5.73 Å². The van der Waals surface area contributed by atoms with Gasteiger partial charge in [-0.15, -0.1) is 12.4 Å². The Balaban J connectivity index is 0.00000312. The first-order chi connectivity index (χ1) is 11.0. The molecule has 10 heteroatoms. The number of nitrogens with zero attached hydrogens (tertiary/aromatic N) is 3. The van der Waals surface area contributed by atoms with Crippen LogP contribution in [0.5, 0.6) is 0 Å². The Kier molecular flexibility index (Phi) is 7.03. The predicted molar refractivity (Wildman–Crippen MR) is 97.8 cm³/mol. The number of amides is 1. The van der Waals surface area contributed by atoms with Crippen LogP contribution in [0.15, 0.2) is 17.3 Å². The van der Waals surface area contributed by atoms with Crippen molar-refractivity contribution in [3.63, 3.8) is 0 Å². The molecule has 0 aliphatic carbocycles. The van der Waals surface area contributed by atoms with Gasteiger partial charge in [-0.25, -0.2) is 8.42 Å². The third kappa shape index (κ3) is 5.16. The molecule has 1 amide bonds. The topological polar surface area (TPSA) is 110 Å². The van der Waals surface area contributed by atoms with Gasteiger partial charge in [0.1, 0.15) is 4.90 Å². The first-order valence-electron chi connectivity index (χ1n) is 8.06. The number of nitrogens with one attached hydrogen (secondary N) is 1. The largest absolute Gasteiger partial charge is 0.352 e. The van der Waals surface area contributed by atoms with E-state index in [0.717, 1.165) is 0 Å². The second kappa shape index (κ2) is 8.03. The smallest absolute Gasteiger partial charge is 0.246 e. The predicted octanol–water partition coefficient (Wildman–Crippen LogP) is 0.485. The van der Waals surface area contributed by atoms with Gasteiger partial charge in [-0.05, 0) is 18.3 Å². The molecule has 0 spiro atoms. The molecule has 0 bridgehead atoms. The van der Waals surface area contributed by atoms with E-state index >= 15 is 0 Å². The first kappa shape index (κ1) is 21.9. The maximum atomic E-state index is 12.5. The van der Waals surface area contributed by atoms with E-state index in [1.54, 1.807) is 7.05 Å². The van der Waals surface area contributed by atoms with Gasteiger partial charge in [0.15, 0.2) is 0 Å². The molecule has 1 aliphatic heterocycles. The Hall–Kier alpha value is -1.16. The molecular weight excluding hydrogens is 366 g/mol. The summed E-state index contributed by atoms with van der Waals surface area (Å²) in [4.78, 5) is 12.4. The van der Waals surface area contributed by atoms with Crippen LogP contribution in [-0.2, 0) is 21.9 Å². The van der Waals surface area contributed by atoms with Gasteiger partial charge in [-0.1, -0.05) is 20.8 Å². The fourth-order valence-electron chi connectivity index (χ4n) is 2.61. The van der Waals surface area contributed by atoms with Crippen molar-refractivity contribution < 1.29 is 13.2 Å². The van der Waals surface area contributed by atoms with Gasteiger partial charge in [0, 0.05) is 32.4 Å². The number of sulfonamides is 1. The molecule has 144 valence electrons. The summed E-state index contributed by atoms with van der Waals surface area (Å²) in [6.45, 7) is 6.49. The van der Waals surface area contributed by atoms with Crippen LogP contribution >= 0.6 is 12.4 Å². The van der Waals surface area contributed by atoms with E-state index in [9.17, 15) is 13.2 Å². The van der Waals surface area contributed by atoms with Crippen molar-refractivity contribution in [3.05, 3.63) is 12.4 Å². The van der Waals surface area contributed by atoms with Crippen LogP contribution in [0.2, 0.25) is 0 Å². The number of nitrogens with two attached hydrogens (primary N) is 1. The molecular formula is C15H28ClN5O3S. The van der Waals surface area contributed by atoms with Gasteiger partial charge in [-0.2, -0.15) is 9.40 Å². The minimum absolute atomic E-state index is 0. The van der Waals surface area contributed by atoms with Crippen molar-refractivity contribution in [3.8, 4) is 0 Å². The summed E-state index contributed by atoms with van der Waals surface area (Å²) in [6.07, 6.45) is 3.99. The van der Waals surface area contributed by atoms with Gasteiger partial charge in [0.05, 0.1) is 12.2 Å². The highest BCUT2D eigenvalue weighted by atomic mass is 35.5. The van der Waals surface area contributed by atoms with E-state index in [0.29, 0.717) is 25.9 Å². The highest BCUT2D eigenvalue weighted by Crippen LogP contribution is 2.21. The number of aryl methyl sites for hydroxylation is 1. The molecule has 1 aromatic heterocycles. The lowest BCUT2D eigenvalue weighted by Crippen LogP contribution is -2.53. The Morgan fingerprint density at radius 1 is 1.36 bits per heavy atom. The van der Waals surface area contributed by atoms with Crippen molar-refractivity contribution in [2.45, 2.75) is 50.6 Å². The normalized spacial score (nSPS) is 18.4. The molecule has 0 saturated carbocycles. The van der Waals surface area contributed by atoms with E-state index < -0.39 is 16.1 Å². The first-order valence-corrected chi connectivity index (χ1v) is 9.50. The molecule has 0 radical (unpaired) electrons. The van der Waals surface area contributed by atoms with Crippen LogP contribution in [0, 0.1) is 5.41 Å². The summed E-state index contributed by atoms with van der Waals surface area (Å²) in [5.41, 5.74) is 5.65. The fraction of sp³-hybridized carbons (Fsp3) is 0.733. The number of carbonyl (C=O) groups is 1. The van der Waals surface area contributed by atoms with Crippen LogP contribution < -0.4 is 11.1 Å². The Morgan fingerprint density at radius 3 is 2.36 bits per heavy atom. The number of piperidine rings is 1. The average molecular weight is 394 g/mol. The molecule has 8 nitrogen and oxygen atoms in total. The molecule has 1 atom stereocenters. The van der Waals surface area contributed by atoms with Crippen molar-refractivity contribution in [2.24, 2.45) is 18.2 Å². The van der Waals surface area contributed by atoms with Crippen molar-refractivity contribution in [1.29, 1.82) is 0 Å². The number of aromatic nitrogens is 2. The van der Waals surface area contributed by atoms with Gasteiger partial charge in [-0.3, -0.25) is 9.48 Å². The maximum Gasteiger partial charge on any atom is 0.246 e. The Bertz CT molecular complexity index is 690. The van der Waals surface area contributed by atoms with Crippen LogP contribution in [0.4, 0.5) is 0 Å². The lowest BCUT2D eigenvalue weighted by Gasteiger charge is -2.33. The summed E-state index contributed by atoms with van der Waals surface area (Å²) in [7, 11) is -1.84. The zero-order chi connectivity index (χ0) is 18.1. The highest BCUT2D eigenvalue weighted by molar-refractivity contribution is 7.89. The summed E-state index contributed by atoms with van der Waals surface area (Å²) in [6, 6.07) is -0.638. The van der Waals surface area contributed by atoms with Crippen LogP contribution in [0.1, 0.15) is 33.6 Å². The third-order valence-electron chi connectivity index (χ3n) is 4.33. The SMILES string of the molecule is Cl.Cn1cc(S(=O)(=O)N2CCC(NC(=O)[C@@H](N)C(C)(C)C)CC2)cn1. The van der Waals surface area contributed by atoms with Crippen molar-refractivity contribution in [1.82, 2.24) is 19.4 Å². The Morgan fingerprint density at radius 2 is 1.92 bits per heavy atom. The van der Waals surface area contributed by atoms with Gasteiger partial charge >= 0.3 is 0 Å². The fourth-order valence-corrected chi connectivity index (χ4v) is 4.06. The van der Waals surface area contributed by atoms with E-state index in [-0.39, 0.29) is 34.7 Å². The lowest BCUT2D eigenvalue weighted by atomic mass is 9.86. The highest BCUT2D eigenvalue weighted by Gasteiger charge is 2.33. The minimum atomic E-state index is -3.52.